The molecule has 2 N–H and O–H groups in total. The first-order valence-corrected chi connectivity index (χ1v) is 11.1. The van der Waals surface area contributed by atoms with Gasteiger partial charge in [0.1, 0.15) is 5.82 Å². The van der Waals surface area contributed by atoms with E-state index in [2.05, 4.69) is 56.7 Å². The summed E-state index contributed by atoms with van der Waals surface area (Å²) in [6, 6.07) is 14.6. The monoisotopic (exact) mass is 537 g/mol. The molecule has 0 amide bonds. The third-order valence-electron chi connectivity index (χ3n) is 5.42. The number of nitrogens with one attached hydrogen (secondary N) is 2. The van der Waals surface area contributed by atoms with Crippen molar-refractivity contribution in [1.82, 2.24) is 15.6 Å². The maximum Gasteiger partial charge on any atom is 0.191 e. The van der Waals surface area contributed by atoms with Gasteiger partial charge in [-0.3, -0.25) is 4.99 Å². The molecule has 31 heavy (non-hydrogen) atoms. The van der Waals surface area contributed by atoms with Crippen LogP contribution < -0.4 is 15.5 Å². The van der Waals surface area contributed by atoms with Crippen LogP contribution in [0, 0.1) is 0 Å². The van der Waals surface area contributed by atoms with Gasteiger partial charge in [-0.05, 0) is 55.9 Å². The molecule has 1 aliphatic heterocycles. The van der Waals surface area contributed by atoms with E-state index in [1.807, 2.05) is 24.4 Å². The van der Waals surface area contributed by atoms with Crippen molar-refractivity contribution in [1.29, 1.82) is 0 Å². The highest BCUT2D eigenvalue weighted by molar-refractivity contribution is 14.0. The van der Waals surface area contributed by atoms with E-state index in [0.29, 0.717) is 6.61 Å². The highest BCUT2D eigenvalue weighted by Gasteiger charge is 2.12. The minimum atomic E-state index is 0. The number of aromatic nitrogens is 1. The van der Waals surface area contributed by atoms with Crippen molar-refractivity contribution in [2.75, 3.05) is 38.2 Å². The van der Waals surface area contributed by atoms with E-state index in [1.165, 1.54) is 30.4 Å². The second-order valence-electron chi connectivity index (χ2n) is 7.70. The van der Waals surface area contributed by atoms with Gasteiger partial charge in [0.05, 0.1) is 6.10 Å². The number of pyridine rings is 1. The van der Waals surface area contributed by atoms with Gasteiger partial charge in [-0.25, -0.2) is 4.98 Å². The molecule has 3 rings (SSSR count). The summed E-state index contributed by atoms with van der Waals surface area (Å²) in [5.74, 6) is 1.89. The van der Waals surface area contributed by atoms with Gasteiger partial charge in [0.2, 0.25) is 0 Å². The third-order valence-corrected chi connectivity index (χ3v) is 5.42. The van der Waals surface area contributed by atoms with Gasteiger partial charge in [0.15, 0.2) is 5.96 Å². The van der Waals surface area contributed by atoms with Crippen LogP contribution in [-0.4, -0.2) is 44.2 Å². The zero-order chi connectivity index (χ0) is 21.0. The Kier molecular flexibility index (Phi) is 11.7. The van der Waals surface area contributed by atoms with Crippen LogP contribution in [-0.2, 0) is 11.3 Å². The van der Waals surface area contributed by atoms with Crippen molar-refractivity contribution in [2.24, 2.45) is 4.99 Å². The lowest BCUT2D eigenvalue weighted by Crippen LogP contribution is -2.37. The molecule has 1 atom stereocenters. The molecule has 170 valence electrons. The molecule has 1 saturated heterocycles. The second-order valence-corrected chi connectivity index (χ2v) is 7.70. The Bertz CT molecular complexity index is 781. The lowest BCUT2D eigenvalue weighted by Gasteiger charge is -2.28. The van der Waals surface area contributed by atoms with Crippen LogP contribution in [0.15, 0.2) is 53.7 Å². The Hall–Kier alpha value is -1.87. The van der Waals surface area contributed by atoms with E-state index in [-0.39, 0.29) is 30.1 Å². The van der Waals surface area contributed by atoms with Crippen LogP contribution in [0.3, 0.4) is 0 Å². The van der Waals surface area contributed by atoms with Gasteiger partial charge in [0, 0.05) is 46.0 Å². The minimum absolute atomic E-state index is 0. The summed E-state index contributed by atoms with van der Waals surface area (Å²) in [7, 11) is 1.80. The van der Waals surface area contributed by atoms with Crippen molar-refractivity contribution in [3.8, 4) is 0 Å². The van der Waals surface area contributed by atoms with E-state index < -0.39 is 0 Å². The molecular weight excluding hydrogens is 501 g/mol. The summed E-state index contributed by atoms with van der Waals surface area (Å²) in [5, 5.41) is 6.76. The van der Waals surface area contributed by atoms with Crippen LogP contribution in [0.25, 0.3) is 0 Å². The van der Waals surface area contributed by atoms with Crippen molar-refractivity contribution < 1.29 is 4.74 Å². The molecule has 1 fully saturated rings. The van der Waals surface area contributed by atoms with Gasteiger partial charge >= 0.3 is 0 Å². The predicted molar refractivity (Wildman–Crippen MR) is 139 cm³/mol. The summed E-state index contributed by atoms with van der Waals surface area (Å²) in [6.45, 7) is 6.57. The van der Waals surface area contributed by atoms with Crippen molar-refractivity contribution in [3.05, 3.63) is 59.8 Å². The molecule has 0 spiro atoms. The van der Waals surface area contributed by atoms with Crippen LogP contribution in [0.4, 0.5) is 5.82 Å². The molecule has 2 heterocycles. The van der Waals surface area contributed by atoms with Crippen LogP contribution >= 0.6 is 24.0 Å². The smallest absolute Gasteiger partial charge is 0.191 e. The summed E-state index contributed by atoms with van der Waals surface area (Å²) in [5.41, 5.74) is 2.43. The fraction of sp³-hybridized carbons (Fsp3) is 0.500. The zero-order valence-corrected chi connectivity index (χ0v) is 21.0. The van der Waals surface area contributed by atoms with Gasteiger partial charge in [-0.2, -0.15) is 0 Å². The number of aliphatic imine (C=N–C) groups is 1. The number of rotatable bonds is 9. The first-order chi connectivity index (χ1) is 14.8. The Morgan fingerprint density at radius 3 is 2.65 bits per heavy atom. The average Bonchev–Trinajstić information content (AvgIpc) is 2.82. The van der Waals surface area contributed by atoms with E-state index in [0.717, 1.165) is 44.4 Å². The van der Waals surface area contributed by atoms with Crippen LogP contribution in [0.2, 0.25) is 0 Å². The fourth-order valence-corrected chi connectivity index (χ4v) is 3.63. The molecular formula is C24H36IN5O. The minimum Gasteiger partial charge on any atom is -0.374 e. The molecule has 7 heteroatoms. The molecule has 1 aliphatic rings. The summed E-state index contributed by atoms with van der Waals surface area (Å²) < 4.78 is 5.93. The van der Waals surface area contributed by atoms with Crippen LogP contribution in [0.1, 0.15) is 49.8 Å². The summed E-state index contributed by atoms with van der Waals surface area (Å²) in [4.78, 5) is 11.3. The molecule has 1 unspecified atom stereocenters. The maximum atomic E-state index is 5.93. The van der Waals surface area contributed by atoms with Gasteiger partial charge in [-0.15, -0.1) is 24.0 Å². The largest absolute Gasteiger partial charge is 0.374 e. The van der Waals surface area contributed by atoms with Crippen molar-refractivity contribution in [2.45, 2.75) is 45.3 Å². The zero-order valence-electron chi connectivity index (χ0n) is 18.7. The predicted octanol–water partition coefficient (Wildman–Crippen LogP) is 4.52. The first kappa shape index (κ1) is 25.4. The second kappa shape index (κ2) is 14.2. The molecule has 0 radical (unpaired) electrons. The molecule has 1 aromatic carbocycles. The van der Waals surface area contributed by atoms with E-state index in [9.17, 15) is 0 Å². The molecule has 0 aliphatic carbocycles. The van der Waals surface area contributed by atoms with E-state index in [4.69, 9.17) is 4.74 Å². The van der Waals surface area contributed by atoms with Gasteiger partial charge in [0.25, 0.3) is 0 Å². The number of guanidine groups is 1. The molecule has 0 saturated carbocycles. The molecule has 0 bridgehead atoms. The highest BCUT2D eigenvalue weighted by Crippen LogP contribution is 2.18. The number of piperidine rings is 1. The number of nitrogens with zero attached hydrogens (tertiary/aromatic N) is 3. The van der Waals surface area contributed by atoms with Crippen molar-refractivity contribution >= 4 is 35.8 Å². The Morgan fingerprint density at radius 1 is 1.13 bits per heavy atom. The Morgan fingerprint density at radius 2 is 1.90 bits per heavy atom. The van der Waals surface area contributed by atoms with Gasteiger partial charge < -0.3 is 20.3 Å². The highest BCUT2D eigenvalue weighted by atomic mass is 127. The normalized spacial score (nSPS) is 15.2. The maximum absolute atomic E-state index is 5.93. The van der Waals surface area contributed by atoms with Gasteiger partial charge in [-0.1, -0.05) is 30.3 Å². The standard InChI is InChI=1S/C24H35N5O.HI/c1-20(22-10-5-3-6-11-22)30-17-9-13-27-24(25-2)28-19-21-12-14-26-23(18-21)29-15-7-4-8-16-29;/h3,5-6,10-12,14,18,20H,4,7-9,13,15-17,19H2,1-2H3,(H2,25,27,28);1H. The number of ether oxygens (including phenoxy) is 1. The van der Waals surface area contributed by atoms with Crippen molar-refractivity contribution in [3.63, 3.8) is 0 Å². The van der Waals surface area contributed by atoms with E-state index in [1.54, 1.807) is 7.05 Å². The quantitative estimate of drug-likeness (QED) is 0.213. The third kappa shape index (κ3) is 8.65. The number of hydrogen-bond acceptors (Lipinski definition) is 4. The average molecular weight is 537 g/mol. The Balaban J connectivity index is 0.00000341. The number of hydrogen-bond donors (Lipinski definition) is 2. The van der Waals surface area contributed by atoms with Crippen LogP contribution in [0.5, 0.6) is 0 Å². The summed E-state index contributed by atoms with van der Waals surface area (Å²) in [6.07, 6.45) is 6.79. The molecule has 6 nitrogen and oxygen atoms in total. The number of anilines is 1. The summed E-state index contributed by atoms with van der Waals surface area (Å²) >= 11 is 0. The number of benzene rings is 1. The molecule has 1 aromatic heterocycles. The SMILES string of the molecule is CN=C(NCCCOC(C)c1ccccc1)NCc1ccnc(N2CCCCC2)c1.I. The lowest BCUT2D eigenvalue weighted by atomic mass is 10.1. The molecule has 2 aromatic rings. The lowest BCUT2D eigenvalue weighted by molar-refractivity contribution is 0.0646. The fourth-order valence-electron chi connectivity index (χ4n) is 3.63. The topological polar surface area (TPSA) is 61.8 Å². The Labute approximate surface area is 203 Å². The first-order valence-electron chi connectivity index (χ1n) is 11.1. The van der Waals surface area contributed by atoms with E-state index >= 15 is 0 Å². The number of halogens is 1.